The topological polar surface area (TPSA) is 85.7 Å². The summed E-state index contributed by atoms with van der Waals surface area (Å²) in [7, 11) is -1.22. The number of azide groups is 1. The van der Waals surface area contributed by atoms with E-state index in [1.54, 1.807) is 11.8 Å². The van der Waals surface area contributed by atoms with Crippen molar-refractivity contribution in [2.45, 2.75) is 68.4 Å². The Bertz CT molecular complexity index is 956. The lowest BCUT2D eigenvalue weighted by atomic mass is 9.98. The standard InChI is InChI=1S/C25H33N3O4SSi/c1-34(2,3)15-14-33-23-22(29-16-18-10-6-4-7-11-18)21-20(31-24(23)27-28-26)17-30-25(32-21)19-12-8-5-9-13-19/h4-13,20-25H,14-17H2,1-3H3/t20?,21-,22?,23?,24-,25?/m1/s1. The smallest absolute Gasteiger partial charge is 0.184 e. The van der Waals surface area contributed by atoms with Gasteiger partial charge in [0.05, 0.1) is 18.5 Å². The van der Waals surface area contributed by atoms with Gasteiger partial charge in [0.25, 0.3) is 0 Å². The van der Waals surface area contributed by atoms with Gasteiger partial charge in [0.1, 0.15) is 18.3 Å². The first kappa shape index (κ1) is 25.3. The highest BCUT2D eigenvalue weighted by atomic mass is 32.2. The first-order valence-electron chi connectivity index (χ1n) is 11.7. The number of rotatable bonds is 9. The van der Waals surface area contributed by atoms with E-state index in [9.17, 15) is 5.53 Å². The molecule has 2 saturated heterocycles. The van der Waals surface area contributed by atoms with Crippen molar-refractivity contribution in [3.63, 3.8) is 0 Å². The number of thioether (sulfide) groups is 1. The van der Waals surface area contributed by atoms with Gasteiger partial charge in [0.2, 0.25) is 0 Å². The summed E-state index contributed by atoms with van der Waals surface area (Å²) in [5.74, 6) is 0.961. The first-order valence-corrected chi connectivity index (χ1v) is 16.5. The molecule has 9 heteroatoms. The molecule has 2 fully saturated rings. The van der Waals surface area contributed by atoms with Crippen molar-refractivity contribution >= 4 is 19.8 Å². The van der Waals surface area contributed by atoms with Crippen LogP contribution < -0.4 is 0 Å². The quantitative estimate of drug-likeness (QED) is 0.178. The van der Waals surface area contributed by atoms with Crippen LogP contribution in [0.2, 0.25) is 25.7 Å². The fourth-order valence-electron chi connectivity index (χ4n) is 4.12. The number of ether oxygens (including phenoxy) is 4. The molecule has 0 spiro atoms. The van der Waals surface area contributed by atoms with Gasteiger partial charge < -0.3 is 18.9 Å². The summed E-state index contributed by atoms with van der Waals surface area (Å²) in [6.45, 7) is 7.88. The monoisotopic (exact) mass is 499 g/mol. The molecule has 2 aromatic carbocycles. The van der Waals surface area contributed by atoms with Gasteiger partial charge in [-0.1, -0.05) is 85.4 Å². The zero-order chi connectivity index (χ0) is 24.0. The zero-order valence-electron chi connectivity index (χ0n) is 19.9. The molecule has 34 heavy (non-hydrogen) atoms. The minimum Gasteiger partial charge on any atom is -0.369 e. The fraction of sp³-hybridized carbons (Fsp3) is 0.520. The maximum absolute atomic E-state index is 9.24. The molecule has 0 aromatic heterocycles. The summed E-state index contributed by atoms with van der Waals surface area (Å²) in [6, 6.07) is 21.2. The van der Waals surface area contributed by atoms with Crippen molar-refractivity contribution in [1.82, 2.24) is 0 Å². The first-order chi connectivity index (χ1) is 16.4. The van der Waals surface area contributed by atoms with Crippen LogP contribution in [0.3, 0.4) is 0 Å². The summed E-state index contributed by atoms with van der Waals surface area (Å²) >= 11 is 1.77. The number of benzene rings is 2. The molecular formula is C25H33N3O4SSi. The molecule has 7 nitrogen and oxygen atoms in total. The maximum atomic E-state index is 9.24. The normalized spacial score (nSPS) is 29.1. The average molecular weight is 500 g/mol. The largest absolute Gasteiger partial charge is 0.369 e. The van der Waals surface area contributed by atoms with E-state index in [2.05, 4.69) is 29.7 Å². The van der Waals surface area contributed by atoms with Crippen LogP contribution in [0.25, 0.3) is 10.4 Å². The second kappa shape index (κ2) is 11.7. The molecule has 0 saturated carbocycles. The highest BCUT2D eigenvalue weighted by Crippen LogP contribution is 2.40. The van der Waals surface area contributed by atoms with Crippen LogP contribution in [0.4, 0.5) is 0 Å². The Morgan fingerprint density at radius 1 is 1.06 bits per heavy atom. The Balaban J connectivity index is 1.58. The number of fused-ring (bicyclic) bond motifs is 1. The molecule has 0 bridgehead atoms. The number of hydrogen-bond acceptors (Lipinski definition) is 6. The summed E-state index contributed by atoms with van der Waals surface area (Å²) in [6.07, 6.45) is -2.14. The summed E-state index contributed by atoms with van der Waals surface area (Å²) in [5, 5.41) is 3.84. The predicted molar refractivity (Wildman–Crippen MR) is 137 cm³/mol. The van der Waals surface area contributed by atoms with E-state index in [0.29, 0.717) is 13.2 Å². The molecular weight excluding hydrogens is 466 g/mol. The van der Waals surface area contributed by atoms with Gasteiger partial charge in [0.15, 0.2) is 12.5 Å². The molecule has 2 aliphatic rings. The van der Waals surface area contributed by atoms with Gasteiger partial charge in [-0.05, 0) is 22.9 Å². The second-order valence-corrected chi connectivity index (χ2v) is 16.8. The summed E-state index contributed by atoms with van der Waals surface area (Å²) in [5.41, 5.74) is 11.3. The van der Waals surface area contributed by atoms with Crippen molar-refractivity contribution in [1.29, 1.82) is 0 Å². The summed E-state index contributed by atoms with van der Waals surface area (Å²) < 4.78 is 25.2. The van der Waals surface area contributed by atoms with Crippen LogP contribution in [-0.2, 0) is 25.6 Å². The van der Waals surface area contributed by atoms with Crippen molar-refractivity contribution in [2.24, 2.45) is 5.11 Å². The van der Waals surface area contributed by atoms with Crippen molar-refractivity contribution < 1.29 is 18.9 Å². The minimum absolute atomic E-state index is 0.174. The van der Waals surface area contributed by atoms with E-state index in [0.717, 1.165) is 22.9 Å². The van der Waals surface area contributed by atoms with Crippen molar-refractivity contribution in [2.75, 3.05) is 12.4 Å². The van der Waals surface area contributed by atoms with Crippen LogP contribution in [0.1, 0.15) is 17.4 Å². The van der Waals surface area contributed by atoms with Crippen LogP contribution >= 0.6 is 11.8 Å². The van der Waals surface area contributed by atoms with Gasteiger partial charge in [-0.15, -0.1) is 0 Å². The highest BCUT2D eigenvalue weighted by Gasteiger charge is 2.50. The summed E-state index contributed by atoms with van der Waals surface area (Å²) in [4.78, 5) is 3.08. The Labute approximate surface area is 206 Å². The lowest BCUT2D eigenvalue weighted by Crippen LogP contribution is -2.61. The third-order valence-electron chi connectivity index (χ3n) is 5.99. The molecule has 182 valence electrons. The van der Waals surface area contributed by atoms with Gasteiger partial charge in [-0.3, -0.25) is 0 Å². The molecule has 0 aliphatic carbocycles. The van der Waals surface area contributed by atoms with Gasteiger partial charge >= 0.3 is 0 Å². The number of nitrogens with zero attached hydrogens (tertiary/aromatic N) is 3. The van der Waals surface area contributed by atoms with Gasteiger partial charge in [-0.25, -0.2) is 0 Å². The molecule has 6 atom stereocenters. The highest BCUT2D eigenvalue weighted by molar-refractivity contribution is 8.00. The average Bonchev–Trinajstić information content (AvgIpc) is 2.84. The van der Waals surface area contributed by atoms with Gasteiger partial charge in [-0.2, -0.15) is 11.8 Å². The minimum atomic E-state index is -1.22. The van der Waals surface area contributed by atoms with E-state index in [1.807, 2.05) is 60.7 Å². The van der Waals surface area contributed by atoms with Crippen LogP contribution in [0, 0.1) is 0 Å². The fourth-order valence-corrected chi connectivity index (χ4v) is 8.02. The lowest BCUT2D eigenvalue weighted by molar-refractivity contribution is -0.313. The Kier molecular flexibility index (Phi) is 8.71. The number of hydrogen-bond donors (Lipinski definition) is 0. The predicted octanol–water partition coefficient (Wildman–Crippen LogP) is 6.16. The van der Waals surface area contributed by atoms with E-state index in [-0.39, 0.29) is 23.6 Å². The molecule has 0 amide bonds. The van der Waals surface area contributed by atoms with Gasteiger partial charge in [0, 0.05) is 18.5 Å². The van der Waals surface area contributed by atoms with E-state index in [1.165, 1.54) is 0 Å². The lowest BCUT2D eigenvalue weighted by Gasteiger charge is -2.48. The molecule has 2 aliphatic heterocycles. The SMILES string of the molecule is C[Si](C)(C)CCSC1C(OCc2ccccc2)[C@@H]2OC(c3ccccc3)OCC2O[C@H]1N=[N+]=[N-]. The molecule has 2 heterocycles. The third-order valence-corrected chi connectivity index (χ3v) is 9.42. The Morgan fingerprint density at radius 3 is 2.44 bits per heavy atom. The third kappa shape index (κ3) is 6.64. The van der Waals surface area contributed by atoms with Crippen molar-refractivity contribution in [3.8, 4) is 0 Å². The maximum Gasteiger partial charge on any atom is 0.184 e. The van der Waals surface area contributed by atoms with Crippen LogP contribution in [0.15, 0.2) is 65.8 Å². The van der Waals surface area contributed by atoms with Crippen molar-refractivity contribution in [3.05, 3.63) is 82.2 Å². The van der Waals surface area contributed by atoms with Crippen LogP contribution in [-0.4, -0.2) is 50.2 Å². The second-order valence-electron chi connectivity index (χ2n) is 9.85. The molecule has 2 aromatic rings. The zero-order valence-corrected chi connectivity index (χ0v) is 21.8. The Morgan fingerprint density at radius 2 is 1.76 bits per heavy atom. The molecule has 4 rings (SSSR count). The molecule has 4 unspecified atom stereocenters. The van der Waals surface area contributed by atoms with E-state index in [4.69, 9.17) is 18.9 Å². The van der Waals surface area contributed by atoms with Crippen LogP contribution in [0.5, 0.6) is 0 Å². The Hall–Kier alpha value is -1.84. The van der Waals surface area contributed by atoms with E-state index < -0.39 is 20.6 Å². The molecule has 0 N–H and O–H groups in total. The van der Waals surface area contributed by atoms with E-state index >= 15 is 0 Å². The molecule has 0 radical (unpaired) electrons.